The van der Waals surface area contributed by atoms with Crippen molar-refractivity contribution in [2.45, 2.75) is 25.3 Å². The van der Waals surface area contributed by atoms with Crippen LogP contribution in [0, 0.1) is 0 Å². The normalized spacial score (nSPS) is 18.9. The second kappa shape index (κ2) is 9.07. The third kappa shape index (κ3) is 4.47. The molecule has 2 heterocycles. The minimum Gasteiger partial charge on any atom is -0.345 e. The van der Waals surface area contributed by atoms with Gasteiger partial charge < -0.3 is 16.0 Å². The molecule has 0 aliphatic carbocycles. The minimum atomic E-state index is 0. The van der Waals surface area contributed by atoms with Gasteiger partial charge in [-0.15, -0.1) is 37.2 Å². The fourth-order valence-corrected chi connectivity index (χ4v) is 1.81. The van der Waals surface area contributed by atoms with Gasteiger partial charge >= 0.3 is 0 Å². The molecule has 4 nitrogen and oxygen atoms in total. The number of hydrogen-bond acceptors (Lipinski definition) is 3. The molecule has 2 rings (SSSR count). The van der Waals surface area contributed by atoms with E-state index in [0.717, 1.165) is 18.9 Å². The molecule has 1 unspecified atom stereocenters. The van der Waals surface area contributed by atoms with Gasteiger partial charge in [0.25, 0.3) is 0 Å². The van der Waals surface area contributed by atoms with Crippen LogP contribution < -0.4 is 11.1 Å². The molecule has 96 valence electrons. The number of nitrogens with zero attached hydrogens (tertiary/aromatic N) is 1. The number of hydrogen-bond donors (Lipinski definition) is 3. The van der Waals surface area contributed by atoms with Gasteiger partial charge in [-0.3, -0.25) is 0 Å². The van der Waals surface area contributed by atoms with Crippen molar-refractivity contribution in [3.05, 3.63) is 17.7 Å². The number of H-pyrrole nitrogens is 1. The van der Waals surface area contributed by atoms with E-state index < -0.39 is 0 Å². The Labute approximate surface area is 114 Å². The summed E-state index contributed by atoms with van der Waals surface area (Å²) in [5, 5.41) is 3.38. The van der Waals surface area contributed by atoms with E-state index in [-0.39, 0.29) is 37.2 Å². The van der Waals surface area contributed by atoms with Crippen LogP contribution in [0.15, 0.2) is 6.20 Å². The SMILES string of the molecule is Cl.Cl.Cl.NCc1ncc(C2CCCNC2)[nH]1. The third-order valence-electron chi connectivity index (χ3n) is 2.58. The van der Waals surface area contributed by atoms with Crippen LogP contribution in [-0.4, -0.2) is 23.1 Å². The molecule has 1 aliphatic rings. The molecule has 0 amide bonds. The molecule has 0 bridgehead atoms. The van der Waals surface area contributed by atoms with Gasteiger partial charge in [0.1, 0.15) is 5.82 Å². The summed E-state index contributed by atoms with van der Waals surface area (Å²) >= 11 is 0. The molecule has 0 spiro atoms. The summed E-state index contributed by atoms with van der Waals surface area (Å²) in [7, 11) is 0. The quantitative estimate of drug-likeness (QED) is 0.775. The maximum absolute atomic E-state index is 5.48. The predicted molar refractivity (Wildman–Crippen MR) is 73.1 cm³/mol. The molecule has 0 aromatic carbocycles. The first-order chi connectivity index (χ1) is 6.40. The van der Waals surface area contributed by atoms with E-state index in [4.69, 9.17) is 5.73 Å². The average molecular weight is 290 g/mol. The third-order valence-corrected chi connectivity index (χ3v) is 2.58. The molecule has 1 aromatic heterocycles. The summed E-state index contributed by atoms with van der Waals surface area (Å²) in [4.78, 5) is 7.46. The van der Waals surface area contributed by atoms with Crippen molar-refractivity contribution >= 4 is 37.2 Å². The van der Waals surface area contributed by atoms with Crippen LogP contribution in [0.3, 0.4) is 0 Å². The monoisotopic (exact) mass is 288 g/mol. The Morgan fingerprint density at radius 3 is 2.62 bits per heavy atom. The second-order valence-corrected chi connectivity index (χ2v) is 3.53. The van der Waals surface area contributed by atoms with Crippen LogP contribution in [0.5, 0.6) is 0 Å². The van der Waals surface area contributed by atoms with Crippen LogP contribution in [0.4, 0.5) is 0 Å². The van der Waals surface area contributed by atoms with E-state index in [1.807, 2.05) is 6.20 Å². The Morgan fingerprint density at radius 1 is 1.38 bits per heavy atom. The Balaban J connectivity index is 0. The number of piperidine rings is 1. The van der Waals surface area contributed by atoms with Crippen molar-refractivity contribution in [2.24, 2.45) is 5.73 Å². The maximum atomic E-state index is 5.48. The van der Waals surface area contributed by atoms with Gasteiger partial charge in [0, 0.05) is 24.4 Å². The van der Waals surface area contributed by atoms with Crippen molar-refractivity contribution in [3.8, 4) is 0 Å². The zero-order valence-corrected chi connectivity index (χ0v) is 11.4. The first-order valence-corrected chi connectivity index (χ1v) is 4.84. The molecule has 7 heteroatoms. The number of nitrogens with one attached hydrogen (secondary N) is 2. The molecule has 1 saturated heterocycles. The van der Waals surface area contributed by atoms with Crippen LogP contribution in [0.2, 0.25) is 0 Å². The molecule has 16 heavy (non-hydrogen) atoms. The topological polar surface area (TPSA) is 66.7 Å². The minimum absolute atomic E-state index is 0. The smallest absolute Gasteiger partial charge is 0.120 e. The molecule has 1 aromatic rings. The number of rotatable bonds is 2. The number of aromatic amines is 1. The van der Waals surface area contributed by atoms with Gasteiger partial charge in [0.15, 0.2) is 0 Å². The van der Waals surface area contributed by atoms with Gasteiger partial charge in [-0.05, 0) is 19.4 Å². The molecule has 1 atom stereocenters. The van der Waals surface area contributed by atoms with Crippen LogP contribution in [0.25, 0.3) is 0 Å². The predicted octanol–water partition coefficient (Wildman–Crippen LogP) is 1.60. The standard InChI is InChI=1S/C9H16N4.3ClH/c10-4-9-12-6-8(13-9)7-2-1-3-11-5-7;;;/h6-7,11H,1-5,10H2,(H,12,13);3*1H. The van der Waals surface area contributed by atoms with E-state index in [1.165, 1.54) is 18.5 Å². The number of nitrogens with two attached hydrogens (primary N) is 1. The van der Waals surface area contributed by atoms with Crippen molar-refractivity contribution in [3.63, 3.8) is 0 Å². The van der Waals surface area contributed by atoms with Crippen molar-refractivity contribution < 1.29 is 0 Å². The van der Waals surface area contributed by atoms with Gasteiger partial charge in [0.05, 0.1) is 6.54 Å². The lowest BCUT2D eigenvalue weighted by Crippen LogP contribution is -2.28. The van der Waals surface area contributed by atoms with E-state index >= 15 is 0 Å². The highest BCUT2D eigenvalue weighted by Gasteiger charge is 2.16. The molecule has 1 fully saturated rings. The first kappa shape index (κ1) is 18.4. The van der Waals surface area contributed by atoms with Crippen molar-refractivity contribution in [1.82, 2.24) is 15.3 Å². The van der Waals surface area contributed by atoms with Gasteiger partial charge in [-0.25, -0.2) is 4.98 Å². The molecular formula is C9H19Cl3N4. The number of aromatic nitrogens is 2. The summed E-state index contributed by atoms with van der Waals surface area (Å²) in [5.74, 6) is 1.49. The highest BCUT2D eigenvalue weighted by molar-refractivity contribution is 5.86. The van der Waals surface area contributed by atoms with Gasteiger partial charge in [0.2, 0.25) is 0 Å². The van der Waals surface area contributed by atoms with Crippen molar-refractivity contribution in [2.75, 3.05) is 13.1 Å². The van der Waals surface area contributed by atoms with Gasteiger partial charge in [-0.2, -0.15) is 0 Å². The fraction of sp³-hybridized carbons (Fsp3) is 0.667. The Morgan fingerprint density at radius 2 is 2.12 bits per heavy atom. The van der Waals surface area contributed by atoms with E-state index in [1.54, 1.807) is 0 Å². The lowest BCUT2D eigenvalue weighted by Gasteiger charge is -2.21. The van der Waals surface area contributed by atoms with Gasteiger partial charge in [-0.1, -0.05) is 0 Å². The molecule has 4 N–H and O–H groups in total. The van der Waals surface area contributed by atoms with Crippen LogP contribution >= 0.6 is 37.2 Å². The summed E-state index contributed by atoms with van der Waals surface area (Å²) in [5.41, 5.74) is 6.71. The molecule has 0 radical (unpaired) electrons. The summed E-state index contributed by atoms with van der Waals surface area (Å²) in [6.07, 6.45) is 4.42. The van der Waals surface area contributed by atoms with Crippen LogP contribution in [0.1, 0.15) is 30.3 Å². The highest BCUT2D eigenvalue weighted by atomic mass is 35.5. The van der Waals surface area contributed by atoms with E-state index in [2.05, 4.69) is 15.3 Å². The Bertz CT molecular complexity index is 273. The number of halogens is 3. The number of imidazole rings is 1. The summed E-state index contributed by atoms with van der Waals surface area (Å²) < 4.78 is 0. The lowest BCUT2D eigenvalue weighted by molar-refractivity contribution is 0.455. The Kier molecular flexibility index (Phi) is 10.4. The molecule has 1 aliphatic heterocycles. The molecular weight excluding hydrogens is 270 g/mol. The zero-order chi connectivity index (χ0) is 9.10. The molecule has 0 saturated carbocycles. The summed E-state index contributed by atoms with van der Waals surface area (Å²) in [6, 6.07) is 0. The van der Waals surface area contributed by atoms with Crippen LogP contribution in [-0.2, 0) is 6.54 Å². The Hall–Kier alpha value is -0.000000000000000194. The maximum Gasteiger partial charge on any atom is 0.120 e. The largest absolute Gasteiger partial charge is 0.345 e. The van der Waals surface area contributed by atoms with E-state index in [9.17, 15) is 0 Å². The van der Waals surface area contributed by atoms with Crippen molar-refractivity contribution in [1.29, 1.82) is 0 Å². The fourth-order valence-electron chi connectivity index (χ4n) is 1.81. The second-order valence-electron chi connectivity index (χ2n) is 3.53. The average Bonchev–Trinajstić information content (AvgIpc) is 2.67. The zero-order valence-electron chi connectivity index (χ0n) is 8.94. The van der Waals surface area contributed by atoms with E-state index in [0.29, 0.717) is 12.5 Å². The highest BCUT2D eigenvalue weighted by Crippen LogP contribution is 2.20. The summed E-state index contributed by atoms with van der Waals surface area (Å²) in [6.45, 7) is 2.71. The first-order valence-electron chi connectivity index (χ1n) is 4.84. The lowest BCUT2D eigenvalue weighted by atomic mass is 9.97.